The molecule has 1 aromatic carbocycles. The third-order valence-corrected chi connectivity index (χ3v) is 6.20. The molecule has 0 spiro atoms. The van der Waals surface area contributed by atoms with Gasteiger partial charge in [0.2, 0.25) is 0 Å². The Balaban J connectivity index is 2.01. The van der Waals surface area contributed by atoms with E-state index in [1.54, 1.807) is 6.20 Å². The molecular weight excluding hydrogens is 354 g/mol. The van der Waals surface area contributed by atoms with Crippen LogP contribution in [0.4, 0.5) is 0 Å². The number of aromatic nitrogens is 3. The van der Waals surface area contributed by atoms with Crippen molar-refractivity contribution in [3.05, 3.63) is 52.0 Å². The van der Waals surface area contributed by atoms with E-state index in [0.717, 1.165) is 17.2 Å². The summed E-state index contributed by atoms with van der Waals surface area (Å²) in [6.07, 6.45) is 1.62. The maximum atomic E-state index is 12.4. The van der Waals surface area contributed by atoms with Crippen molar-refractivity contribution < 1.29 is 4.74 Å². The largest absolute Gasteiger partial charge is 0.361 e. The van der Waals surface area contributed by atoms with Gasteiger partial charge in [-0.3, -0.25) is 4.79 Å². The van der Waals surface area contributed by atoms with Crippen LogP contribution in [0, 0.1) is 0 Å². The number of H-pyrrole nitrogens is 1. The molecule has 132 valence electrons. The average Bonchev–Trinajstić information content (AvgIpc) is 2.85. The lowest BCUT2D eigenvalue weighted by Gasteiger charge is -2.16. The summed E-state index contributed by atoms with van der Waals surface area (Å²) < 4.78 is 7.66. The molecule has 0 amide bonds. The van der Waals surface area contributed by atoms with Gasteiger partial charge in [0.1, 0.15) is 11.9 Å². The Bertz CT molecular complexity index is 929. The van der Waals surface area contributed by atoms with Gasteiger partial charge in [-0.1, -0.05) is 61.6 Å². The second-order valence-corrected chi connectivity index (χ2v) is 13.2. The summed E-state index contributed by atoms with van der Waals surface area (Å²) in [6.45, 7) is 7.92. The Labute approximate surface area is 152 Å². The number of rotatable bonds is 6. The molecular formula is C18H22ClN3O2Si. The predicted octanol–water partition coefficient (Wildman–Crippen LogP) is 4.36. The van der Waals surface area contributed by atoms with E-state index < -0.39 is 8.07 Å². The smallest absolute Gasteiger partial charge is 0.274 e. The molecule has 3 rings (SSSR count). The number of ether oxygens (including phenoxy) is 1. The standard InChI is InChI=1S/C18H22ClN3O2Si/c1-25(2,3)10-9-24-12-22-14-11-20-21-18(23)16(14)15(17(22)19)13-7-5-4-6-8-13/h4-8,11H,9-10,12H2,1-3H3,(H,21,23). The number of aromatic amines is 1. The van der Waals surface area contributed by atoms with Crippen LogP contribution in [0.2, 0.25) is 30.8 Å². The van der Waals surface area contributed by atoms with Gasteiger partial charge in [0.05, 0.1) is 17.1 Å². The second kappa shape index (κ2) is 7.15. The van der Waals surface area contributed by atoms with Gasteiger partial charge in [-0.15, -0.1) is 0 Å². The molecule has 0 aliphatic rings. The van der Waals surface area contributed by atoms with Crippen LogP contribution in [0.15, 0.2) is 41.3 Å². The van der Waals surface area contributed by atoms with Crippen molar-refractivity contribution in [2.45, 2.75) is 32.4 Å². The number of nitrogens with one attached hydrogen (secondary N) is 1. The summed E-state index contributed by atoms with van der Waals surface area (Å²) >= 11 is 6.64. The molecule has 0 unspecified atom stereocenters. The Morgan fingerprint density at radius 2 is 1.96 bits per heavy atom. The fourth-order valence-electron chi connectivity index (χ4n) is 2.71. The minimum atomic E-state index is -1.15. The highest BCUT2D eigenvalue weighted by molar-refractivity contribution is 6.76. The SMILES string of the molecule is C[Si](C)(C)CCOCn1c(Cl)c(-c2ccccc2)c2c(=O)[nH]ncc21. The first-order valence-corrected chi connectivity index (χ1v) is 12.4. The molecule has 0 aliphatic carbocycles. The summed E-state index contributed by atoms with van der Waals surface area (Å²) in [5.74, 6) is 0. The number of nitrogens with zero attached hydrogens (tertiary/aromatic N) is 2. The number of hydrogen-bond donors (Lipinski definition) is 1. The van der Waals surface area contributed by atoms with Gasteiger partial charge in [-0.25, -0.2) is 5.10 Å². The van der Waals surface area contributed by atoms with Crippen LogP contribution in [-0.2, 0) is 11.5 Å². The predicted molar refractivity (Wildman–Crippen MR) is 105 cm³/mol. The average molecular weight is 376 g/mol. The van der Waals surface area contributed by atoms with Crippen LogP contribution in [0.25, 0.3) is 22.0 Å². The fourth-order valence-corrected chi connectivity index (χ4v) is 3.81. The van der Waals surface area contributed by atoms with E-state index in [9.17, 15) is 4.79 Å². The van der Waals surface area contributed by atoms with E-state index in [1.807, 2.05) is 34.9 Å². The van der Waals surface area contributed by atoms with Crippen molar-refractivity contribution in [1.82, 2.24) is 14.8 Å². The summed E-state index contributed by atoms with van der Waals surface area (Å²) in [5.41, 5.74) is 2.05. The maximum absolute atomic E-state index is 12.4. The molecule has 1 N–H and O–H groups in total. The second-order valence-electron chi connectivity index (χ2n) is 7.27. The molecule has 0 aliphatic heterocycles. The lowest BCUT2D eigenvalue weighted by molar-refractivity contribution is 0.0904. The topological polar surface area (TPSA) is 59.9 Å². The Kier molecular flexibility index (Phi) is 5.13. The van der Waals surface area contributed by atoms with Gasteiger partial charge in [0.25, 0.3) is 5.56 Å². The van der Waals surface area contributed by atoms with Gasteiger partial charge in [-0.2, -0.15) is 5.10 Å². The van der Waals surface area contributed by atoms with Gasteiger partial charge >= 0.3 is 0 Å². The maximum Gasteiger partial charge on any atom is 0.274 e. The molecule has 2 heterocycles. The molecule has 5 nitrogen and oxygen atoms in total. The van der Waals surface area contributed by atoms with E-state index >= 15 is 0 Å². The van der Waals surface area contributed by atoms with Crippen molar-refractivity contribution in [3.63, 3.8) is 0 Å². The number of fused-ring (bicyclic) bond motifs is 1. The highest BCUT2D eigenvalue weighted by Crippen LogP contribution is 2.36. The highest BCUT2D eigenvalue weighted by atomic mass is 35.5. The minimum Gasteiger partial charge on any atom is -0.361 e. The molecule has 7 heteroatoms. The molecule has 0 radical (unpaired) electrons. The Morgan fingerprint density at radius 3 is 2.64 bits per heavy atom. The molecule has 25 heavy (non-hydrogen) atoms. The highest BCUT2D eigenvalue weighted by Gasteiger charge is 2.20. The normalized spacial score (nSPS) is 12.0. The fraction of sp³-hybridized carbons (Fsp3) is 0.333. The molecule has 0 saturated carbocycles. The zero-order valence-electron chi connectivity index (χ0n) is 14.7. The third-order valence-electron chi connectivity index (χ3n) is 4.10. The first-order chi connectivity index (χ1) is 11.9. The van der Waals surface area contributed by atoms with Gasteiger partial charge in [0.15, 0.2) is 0 Å². The van der Waals surface area contributed by atoms with E-state index in [2.05, 4.69) is 29.8 Å². The quantitative estimate of drug-likeness (QED) is 0.514. The third kappa shape index (κ3) is 3.86. The van der Waals surface area contributed by atoms with Crippen molar-refractivity contribution >= 4 is 30.6 Å². The summed E-state index contributed by atoms with van der Waals surface area (Å²) in [5, 5.41) is 7.46. The van der Waals surface area contributed by atoms with E-state index in [1.165, 1.54) is 0 Å². The van der Waals surface area contributed by atoms with Gasteiger partial charge < -0.3 is 9.30 Å². The molecule has 3 aromatic rings. The van der Waals surface area contributed by atoms with Crippen LogP contribution < -0.4 is 5.56 Å². The first-order valence-electron chi connectivity index (χ1n) is 8.27. The van der Waals surface area contributed by atoms with Crippen LogP contribution >= 0.6 is 11.6 Å². The van der Waals surface area contributed by atoms with E-state index in [-0.39, 0.29) is 5.56 Å². The molecule has 2 aromatic heterocycles. The van der Waals surface area contributed by atoms with Crippen molar-refractivity contribution in [2.75, 3.05) is 6.61 Å². The Morgan fingerprint density at radius 1 is 1.24 bits per heavy atom. The molecule has 0 bridgehead atoms. The molecule has 0 atom stereocenters. The number of halogens is 1. The monoisotopic (exact) mass is 375 g/mol. The van der Waals surface area contributed by atoms with Crippen molar-refractivity contribution in [1.29, 1.82) is 0 Å². The van der Waals surface area contributed by atoms with Gasteiger partial charge in [0, 0.05) is 20.2 Å². The minimum absolute atomic E-state index is 0.251. The summed E-state index contributed by atoms with van der Waals surface area (Å²) in [4.78, 5) is 12.4. The Hall–Kier alpha value is -1.89. The van der Waals surface area contributed by atoms with Crippen molar-refractivity contribution in [3.8, 4) is 11.1 Å². The van der Waals surface area contributed by atoms with Crippen LogP contribution in [0.1, 0.15) is 0 Å². The zero-order chi connectivity index (χ0) is 18.0. The summed E-state index contributed by atoms with van der Waals surface area (Å²) in [6, 6.07) is 10.7. The van der Waals surface area contributed by atoms with Crippen LogP contribution in [-0.4, -0.2) is 29.4 Å². The molecule has 0 saturated heterocycles. The number of hydrogen-bond acceptors (Lipinski definition) is 3. The van der Waals surface area contributed by atoms with E-state index in [0.29, 0.717) is 29.4 Å². The van der Waals surface area contributed by atoms with Crippen LogP contribution in [0.5, 0.6) is 0 Å². The summed E-state index contributed by atoms with van der Waals surface area (Å²) in [7, 11) is -1.15. The van der Waals surface area contributed by atoms with E-state index in [4.69, 9.17) is 16.3 Å². The number of benzene rings is 1. The lowest BCUT2D eigenvalue weighted by atomic mass is 10.1. The molecule has 0 fully saturated rings. The van der Waals surface area contributed by atoms with Crippen molar-refractivity contribution in [2.24, 2.45) is 0 Å². The van der Waals surface area contributed by atoms with Gasteiger partial charge in [-0.05, 0) is 11.6 Å². The van der Waals surface area contributed by atoms with Crippen LogP contribution in [0.3, 0.4) is 0 Å². The lowest BCUT2D eigenvalue weighted by Crippen LogP contribution is -2.22. The zero-order valence-corrected chi connectivity index (χ0v) is 16.4. The first kappa shape index (κ1) is 17.9.